The van der Waals surface area contributed by atoms with Crippen LogP contribution < -0.4 is 20.3 Å². The number of amides is 3. The summed E-state index contributed by atoms with van der Waals surface area (Å²) < 4.78 is 19.9. The summed E-state index contributed by atoms with van der Waals surface area (Å²) in [5.41, 5.74) is 3.04. The number of rotatable bonds is 4. The van der Waals surface area contributed by atoms with Crippen molar-refractivity contribution in [3.8, 4) is 5.75 Å². The molecule has 3 aromatic rings. The number of halogens is 1. The van der Waals surface area contributed by atoms with Crippen LogP contribution in [0.25, 0.3) is 0 Å². The lowest BCUT2D eigenvalue weighted by molar-refractivity contribution is -0.119. The first-order valence-electron chi connectivity index (χ1n) is 10.3. The summed E-state index contributed by atoms with van der Waals surface area (Å²) in [7, 11) is 3.16. The van der Waals surface area contributed by atoms with E-state index in [1.807, 2.05) is 6.92 Å². The Morgan fingerprint density at radius 3 is 2.45 bits per heavy atom. The zero-order valence-corrected chi connectivity index (χ0v) is 18.4. The third kappa shape index (κ3) is 4.41. The van der Waals surface area contributed by atoms with Gasteiger partial charge >= 0.3 is 6.03 Å². The van der Waals surface area contributed by atoms with Crippen molar-refractivity contribution in [2.45, 2.75) is 13.1 Å². The van der Waals surface area contributed by atoms with E-state index in [-0.39, 0.29) is 11.3 Å². The highest BCUT2D eigenvalue weighted by Crippen LogP contribution is 2.28. The van der Waals surface area contributed by atoms with E-state index in [1.165, 1.54) is 11.0 Å². The van der Waals surface area contributed by atoms with Gasteiger partial charge in [-0.05, 0) is 48.9 Å². The summed E-state index contributed by atoms with van der Waals surface area (Å²) in [6.07, 6.45) is -1.25. The highest BCUT2D eigenvalue weighted by Gasteiger charge is 2.31. The molecular weight excluding hydrogens is 423 g/mol. The van der Waals surface area contributed by atoms with Crippen molar-refractivity contribution in [2.75, 3.05) is 24.4 Å². The number of fused-ring (bicyclic) bond motifs is 1. The second-order valence-corrected chi connectivity index (χ2v) is 7.55. The molecule has 0 aromatic heterocycles. The average Bonchev–Trinajstić information content (AvgIpc) is 2.91. The number of benzodiazepines with no additional fused rings is 1. The number of carbonyl (C=O) groups is 2. The van der Waals surface area contributed by atoms with Crippen LogP contribution >= 0.6 is 0 Å². The Hall–Kier alpha value is -4.20. The van der Waals surface area contributed by atoms with Gasteiger partial charge in [-0.15, -0.1) is 0 Å². The fourth-order valence-corrected chi connectivity index (χ4v) is 3.67. The van der Waals surface area contributed by atoms with Crippen molar-refractivity contribution in [1.29, 1.82) is 0 Å². The van der Waals surface area contributed by atoms with Crippen molar-refractivity contribution in [3.63, 3.8) is 0 Å². The largest absolute Gasteiger partial charge is 0.497 e. The maximum atomic E-state index is 14.7. The second kappa shape index (κ2) is 9.12. The summed E-state index contributed by atoms with van der Waals surface area (Å²) >= 11 is 0. The van der Waals surface area contributed by atoms with E-state index in [1.54, 1.807) is 74.8 Å². The van der Waals surface area contributed by atoms with Crippen LogP contribution in [0.3, 0.4) is 0 Å². The van der Waals surface area contributed by atoms with Gasteiger partial charge in [0.05, 0.1) is 18.5 Å². The van der Waals surface area contributed by atoms with E-state index < -0.39 is 23.9 Å². The number of benzene rings is 3. The number of hydrogen-bond acceptors (Lipinski definition) is 4. The van der Waals surface area contributed by atoms with Crippen molar-refractivity contribution in [2.24, 2.45) is 4.99 Å². The summed E-state index contributed by atoms with van der Waals surface area (Å²) in [6, 6.07) is 17.9. The van der Waals surface area contributed by atoms with Gasteiger partial charge in [-0.3, -0.25) is 4.79 Å². The highest BCUT2D eigenvalue weighted by atomic mass is 19.1. The van der Waals surface area contributed by atoms with E-state index in [0.29, 0.717) is 22.7 Å². The number of urea groups is 1. The topological polar surface area (TPSA) is 83.0 Å². The van der Waals surface area contributed by atoms with Crippen LogP contribution in [-0.4, -0.2) is 38.0 Å². The van der Waals surface area contributed by atoms with Crippen LogP contribution in [-0.2, 0) is 4.79 Å². The number of aliphatic imine (C=N–C) groups is 1. The Morgan fingerprint density at radius 2 is 1.76 bits per heavy atom. The van der Waals surface area contributed by atoms with E-state index in [4.69, 9.17) is 4.74 Å². The number of para-hydroxylation sites is 1. The molecule has 2 N–H and O–H groups in total. The fourth-order valence-electron chi connectivity index (χ4n) is 3.67. The molecule has 1 aliphatic heterocycles. The molecule has 1 unspecified atom stereocenters. The van der Waals surface area contributed by atoms with Crippen molar-refractivity contribution < 1.29 is 18.7 Å². The van der Waals surface area contributed by atoms with Crippen LogP contribution in [0.2, 0.25) is 0 Å². The number of nitrogens with zero attached hydrogens (tertiary/aromatic N) is 2. The molecule has 8 heteroatoms. The van der Waals surface area contributed by atoms with Crippen LogP contribution in [0, 0.1) is 12.7 Å². The summed E-state index contributed by atoms with van der Waals surface area (Å²) in [5, 5.41) is 5.35. The molecular formula is C25H23FN4O3. The van der Waals surface area contributed by atoms with Crippen LogP contribution in [0.5, 0.6) is 5.75 Å². The zero-order chi connectivity index (χ0) is 23.5. The normalized spacial score (nSPS) is 15.3. The number of nitrogens with one attached hydrogen (secondary N) is 2. The molecule has 1 heterocycles. The SMILES string of the molecule is COc1ccc(NC(=O)NC2N=C(c3ccccc3F)c3ccccc3N(C)C2=O)c(C)c1. The lowest BCUT2D eigenvalue weighted by Gasteiger charge is -2.21. The molecule has 0 bridgehead atoms. The molecule has 0 fully saturated rings. The lowest BCUT2D eigenvalue weighted by Crippen LogP contribution is -2.47. The van der Waals surface area contributed by atoms with Gasteiger partial charge in [0.2, 0.25) is 6.17 Å². The van der Waals surface area contributed by atoms with Gasteiger partial charge in [0, 0.05) is 23.9 Å². The van der Waals surface area contributed by atoms with E-state index >= 15 is 0 Å². The Labute approximate surface area is 190 Å². The third-order valence-electron chi connectivity index (χ3n) is 5.42. The first-order chi connectivity index (χ1) is 15.9. The molecule has 4 rings (SSSR count). The number of methoxy groups -OCH3 is 1. The van der Waals surface area contributed by atoms with Gasteiger partial charge in [0.1, 0.15) is 11.6 Å². The van der Waals surface area contributed by atoms with Gasteiger partial charge in [-0.1, -0.05) is 30.3 Å². The molecule has 0 radical (unpaired) electrons. The van der Waals surface area contributed by atoms with Crippen molar-refractivity contribution >= 4 is 29.0 Å². The van der Waals surface area contributed by atoms with Crippen molar-refractivity contribution in [3.05, 3.63) is 89.2 Å². The second-order valence-electron chi connectivity index (χ2n) is 7.55. The minimum atomic E-state index is -1.25. The highest BCUT2D eigenvalue weighted by molar-refractivity contribution is 6.20. The number of hydrogen-bond donors (Lipinski definition) is 2. The molecule has 0 saturated heterocycles. The molecule has 1 aliphatic rings. The number of aryl methyl sites for hydroxylation is 1. The quantitative estimate of drug-likeness (QED) is 0.633. The third-order valence-corrected chi connectivity index (χ3v) is 5.42. The Balaban J connectivity index is 1.69. The predicted octanol–water partition coefficient (Wildman–Crippen LogP) is 4.10. The predicted molar refractivity (Wildman–Crippen MR) is 126 cm³/mol. The van der Waals surface area contributed by atoms with Gasteiger partial charge in [0.25, 0.3) is 5.91 Å². The number of anilines is 2. The van der Waals surface area contributed by atoms with E-state index in [0.717, 1.165) is 5.56 Å². The summed E-state index contributed by atoms with van der Waals surface area (Å²) in [5.74, 6) is -0.258. The minimum Gasteiger partial charge on any atom is -0.497 e. The number of ether oxygens (including phenoxy) is 1. The molecule has 0 saturated carbocycles. The fraction of sp³-hybridized carbons (Fsp3) is 0.160. The lowest BCUT2D eigenvalue weighted by atomic mass is 10.00. The van der Waals surface area contributed by atoms with Gasteiger partial charge in [-0.2, -0.15) is 0 Å². The Morgan fingerprint density at radius 1 is 1.06 bits per heavy atom. The standard InChI is InChI=1S/C25H23FN4O3/c1-15-14-16(33-3)12-13-20(15)27-25(32)29-23-24(31)30(2)21-11-7-5-9-18(21)22(28-23)17-8-4-6-10-19(17)26/h4-14,23H,1-3H3,(H2,27,29,32). The number of likely N-dealkylation sites (N-methyl/N-ethyl adjacent to an activating group) is 1. The monoisotopic (exact) mass is 446 g/mol. The first-order valence-corrected chi connectivity index (χ1v) is 10.3. The maximum absolute atomic E-state index is 14.7. The van der Waals surface area contributed by atoms with Crippen LogP contribution in [0.15, 0.2) is 71.7 Å². The summed E-state index contributed by atoms with van der Waals surface area (Å²) in [6.45, 7) is 1.83. The molecule has 1 atom stereocenters. The Bertz CT molecular complexity index is 1260. The molecule has 168 valence electrons. The van der Waals surface area contributed by atoms with Crippen LogP contribution in [0.4, 0.5) is 20.6 Å². The zero-order valence-electron chi connectivity index (χ0n) is 18.4. The van der Waals surface area contributed by atoms with Gasteiger partial charge < -0.3 is 20.3 Å². The van der Waals surface area contributed by atoms with E-state index in [2.05, 4.69) is 15.6 Å². The van der Waals surface area contributed by atoms with E-state index in [9.17, 15) is 14.0 Å². The number of carbonyl (C=O) groups excluding carboxylic acids is 2. The maximum Gasteiger partial charge on any atom is 0.321 e. The average molecular weight is 446 g/mol. The van der Waals surface area contributed by atoms with Gasteiger partial charge in [0.15, 0.2) is 0 Å². The van der Waals surface area contributed by atoms with Crippen molar-refractivity contribution in [1.82, 2.24) is 5.32 Å². The molecule has 3 aromatic carbocycles. The summed E-state index contributed by atoms with van der Waals surface area (Å²) in [4.78, 5) is 31.9. The minimum absolute atomic E-state index is 0.242. The molecule has 33 heavy (non-hydrogen) atoms. The van der Waals surface area contributed by atoms with Gasteiger partial charge in [-0.25, -0.2) is 14.2 Å². The Kier molecular flexibility index (Phi) is 6.08. The molecule has 3 amide bonds. The molecule has 0 spiro atoms. The first kappa shape index (κ1) is 22.0. The molecule has 7 nitrogen and oxygen atoms in total. The molecule has 0 aliphatic carbocycles. The smallest absolute Gasteiger partial charge is 0.321 e. The van der Waals surface area contributed by atoms with Crippen LogP contribution in [0.1, 0.15) is 16.7 Å².